The van der Waals surface area contributed by atoms with Crippen molar-refractivity contribution in [3.8, 4) is 0 Å². The lowest BCUT2D eigenvalue weighted by atomic mass is 9.79. The number of aromatic nitrogens is 4. The van der Waals surface area contributed by atoms with Crippen molar-refractivity contribution < 1.29 is 8.42 Å². The van der Waals surface area contributed by atoms with Crippen molar-refractivity contribution in [2.75, 3.05) is 18.8 Å². The molecule has 5 rings (SSSR count). The second-order valence-corrected chi connectivity index (χ2v) is 11.2. The van der Waals surface area contributed by atoms with Gasteiger partial charge in [-0.05, 0) is 67.9 Å². The Balaban J connectivity index is 1.31. The molecule has 1 unspecified atom stereocenters. The van der Waals surface area contributed by atoms with Gasteiger partial charge in [-0.2, -0.15) is 5.10 Å². The van der Waals surface area contributed by atoms with Crippen molar-refractivity contribution >= 4 is 32.0 Å². The van der Waals surface area contributed by atoms with Gasteiger partial charge in [0.2, 0.25) is 10.0 Å². The van der Waals surface area contributed by atoms with Gasteiger partial charge in [0.05, 0.1) is 18.1 Å². The van der Waals surface area contributed by atoms with E-state index in [0.717, 1.165) is 60.5 Å². The van der Waals surface area contributed by atoms with Crippen LogP contribution in [0.1, 0.15) is 56.9 Å². The van der Waals surface area contributed by atoms with Crippen LogP contribution in [0.3, 0.4) is 0 Å². The molecule has 2 fully saturated rings. The Morgan fingerprint density at radius 2 is 2.00 bits per heavy atom. The molecule has 30 heavy (non-hydrogen) atoms. The minimum Gasteiger partial charge on any atom is -0.346 e. The largest absolute Gasteiger partial charge is 0.346 e. The van der Waals surface area contributed by atoms with E-state index in [0.29, 0.717) is 30.7 Å². The maximum Gasteiger partial charge on any atom is 0.214 e. The number of nitrogens with zero attached hydrogens (tertiary/aromatic N) is 4. The highest BCUT2D eigenvalue weighted by atomic mass is 32.2. The monoisotopic (exact) mass is 427 g/mol. The summed E-state index contributed by atoms with van der Waals surface area (Å²) in [7, 11) is -3.16. The number of nitrogens with one attached hydrogen (secondary N) is 1. The SMILES string of the molecule is CC1CCCN(S(=O)(=O)CC2CCC(c3cnnc4cnc5[nH]ccc5c34)CC2)C1. The zero-order valence-corrected chi connectivity index (χ0v) is 18.2. The maximum absolute atomic E-state index is 12.9. The minimum atomic E-state index is -3.16. The molecule has 3 aromatic rings. The summed E-state index contributed by atoms with van der Waals surface area (Å²) >= 11 is 0. The fraction of sp³-hybridized carbons (Fsp3) is 0.591. The molecule has 8 heteroatoms. The summed E-state index contributed by atoms with van der Waals surface area (Å²) in [5.74, 6) is 1.40. The van der Waals surface area contributed by atoms with E-state index < -0.39 is 10.0 Å². The average Bonchev–Trinajstić information content (AvgIpc) is 3.23. The van der Waals surface area contributed by atoms with Crippen LogP contribution >= 0.6 is 0 Å². The molecule has 7 nitrogen and oxygen atoms in total. The van der Waals surface area contributed by atoms with Gasteiger partial charge in [-0.15, -0.1) is 5.10 Å². The smallest absolute Gasteiger partial charge is 0.214 e. The van der Waals surface area contributed by atoms with Gasteiger partial charge in [0.25, 0.3) is 0 Å². The molecule has 0 amide bonds. The highest BCUT2D eigenvalue weighted by Gasteiger charge is 2.32. The summed E-state index contributed by atoms with van der Waals surface area (Å²) in [5, 5.41) is 10.7. The second kappa shape index (κ2) is 7.89. The molecule has 0 aromatic carbocycles. The average molecular weight is 428 g/mol. The molecule has 2 aliphatic rings. The predicted molar refractivity (Wildman–Crippen MR) is 118 cm³/mol. The molecule has 4 heterocycles. The van der Waals surface area contributed by atoms with Gasteiger partial charge < -0.3 is 4.98 Å². The Hall–Kier alpha value is -2.06. The van der Waals surface area contributed by atoms with Crippen LogP contribution in [0, 0.1) is 11.8 Å². The molecule has 1 aliphatic heterocycles. The first-order valence-corrected chi connectivity index (χ1v) is 12.7. The number of rotatable bonds is 4. The number of piperidine rings is 1. The van der Waals surface area contributed by atoms with Gasteiger partial charge in [-0.25, -0.2) is 17.7 Å². The van der Waals surface area contributed by atoms with E-state index >= 15 is 0 Å². The molecule has 0 spiro atoms. The number of H-pyrrole nitrogens is 1. The van der Waals surface area contributed by atoms with Crippen LogP contribution in [0.15, 0.2) is 24.7 Å². The Kier molecular flexibility index (Phi) is 5.23. The molecule has 0 bridgehead atoms. The topological polar surface area (TPSA) is 91.8 Å². The molecule has 1 aliphatic carbocycles. The van der Waals surface area contributed by atoms with Gasteiger partial charge in [0.15, 0.2) is 0 Å². The maximum atomic E-state index is 12.9. The molecule has 1 saturated heterocycles. The van der Waals surface area contributed by atoms with Crippen molar-refractivity contribution in [2.45, 2.75) is 51.4 Å². The van der Waals surface area contributed by atoms with Crippen molar-refractivity contribution in [3.63, 3.8) is 0 Å². The standard InChI is InChI=1S/C22H29N5O2S/c1-15-3-2-10-27(13-15)30(28,29)14-16-4-6-17(7-5-16)19-11-25-26-20-12-24-22-18(21(19)20)8-9-23-22/h8-9,11-12,15-17H,2-7,10,13-14H2,1H3,(H,23,24). The first kappa shape index (κ1) is 19.9. The number of hydrogen-bond donors (Lipinski definition) is 1. The molecular formula is C22H29N5O2S. The third kappa shape index (κ3) is 3.71. The van der Waals surface area contributed by atoms with E-state index in [1.807, 2.05) is 18.5 Å². The second-order valence-electron chi connectivity index (χ2n) is 9.16. The quantitative estimate of drug-likeness (QED) is 0.683. The Labute approximate surface area is 177 Å². The van der Waals surface area contributed by atoms with E-state index in [1.54, 1.807) is 10.5 Å². The molecule has 1 saturated carbocycles. The number of sulfonamides is 1. The minimum absolute atomic E-state index is 0.249. The zero-order valence-electron chi connectivity index (χ0n) is 17.4. The number of fused-ring (bicyclic) bond motifs is 3. The summed E-state index contributed by atoms with van der Waals surface area (Å²) in [4.78, 5) is 7.61. The van der Waals surface area contributed by atoms with Gasteiger partial charge in [0.1, 0.15) is 11.2 Å². The van der Waals surface area contributed by atoms with Crippen LogP contribution in [0.25, 0.3) is 21.9 Å². The summed E-state index contributed by atoms with van der Waals surface area (Å²) in [6, 6.07) is 2.05. The van der Waals surface area contributed by atoms with Crippen molar-refractivity contribution in [1.29, 1.82) is 0 Å². The van der Waals surface area contributed by atoms with E-state index in [2.05, 4.69) is 27.1 Å². The van der Waals surface area contributed by atoms with E-state index in [4.69, 9.17) is 0 Å². The summed E-state index contributed by atoms with van der Waals surface area (Å²) in [6.45, 7) is 3.53. The van der Waals surface area contributed by atoms with E-state index in [9.17, 15) is 8.42 Å². The third-order valence-electron chi connectivity index (χ3n) is 6.96. The van der Waals surface area contributed by atoms with E-state index in [-0.39, 0.29) is 5.92 Å². The first-order chi connectivity index (χ1) is 14.5. The van der Waals surface area contributed by atoms with E-state index in [1.165, 1.54) is 5.56 Å². The van der Waals surface area contributed by atoms with Crippen LogP contribution in [0.5, 0.6) is 0 Å². The van der Waals surface area contributed by atoms with Gasteiger partial charge in [0, 0.05) is 30.1 Å². The van der Waals surface area contributed by atoms with Crippen molar-refractivity contribution in [3.05, 3.63) is 30.2 Å². The lowest BCUT2D eigenvalue weighted by Gasteiger charge is -2.33. The lowest BCUT2D eigenvalue weighted by molar-refractivity contribution is 0.275. The molecule has 0 radical (unpaired) electrons. The van der Waals surface area contributed by atoms with Gasteiger partial charge in [-0.3, -0.25) is 0 Å². The first-order valence-electron chi connectivity index (χ1n) is 11.1. The van der Waals surface area contributed by atoms with Gasteiger partial charge >= 0.3 is 0 Å². The van der Waals surface area contributed by atoms with Crippen molar-refractivity contribution in [1.82, 2.24) is 24.5 Å². The Bertz CT molecular complexity index is 1150. The van der Waals surface area contributed by atoms with Gasteiger partial charge in [-0.1, -0.05) is 6.92 Å². The van der Waals surface area contributed by atoms with Crippen LogP contribution in [-0.4, -0.2) is 51.7 Å². The fourth-order valence-corrected chi connectivity index (χ4v) is 7.38. The van der Waals surface area contributed by atoms with Crippen LogP contribution < -0.4 is 0 Å². The number of aromatic amines is 1. The fourth-order valence-electron chi connectivity index (χ4n) is 5.35. The zero-order chi connectivity index (χ0) is 20.7. The van der Waals surface area contributed by atoms with Crippen LogP contribution in [-0.2, 0) is 10.0 Å². The normalized spacial score (nSPS) is 26.4. The number of pyridine rings is 1. The molecule has 1 N–H and O–H groups in total. The lowest BCUT2D eigenvalue weighted by Crippen LogP contribution is -2.41. The highest BCUT2D eigenvalue weighted by molar-refractivity contribution is 7.89. The Morgan fingerprint density at radius 3 is 2.80 bits per heavy atom. The summed E-state index contributed by atoms with van der Waals surface area (Å²) < 4.78 is 27.6. The molecular weight excluding hydrogens is 398 g/mol. The highest BCUT2D eigenvalue weighted by Crippen LogP contribution is 2.40. The molecule has 3 aromatic heterocycles. The molecule has 1 atom stereocenters. The third-order valence-corrected chi connectivity index (χ3v) is 8.97. The predicted octanol–water partition coefficient (Wildman–Crippen LogP) is 3.84. The Morgan fingerprint density at radius 1 is 1.17 bits per heavy atom. The van der Waals surface area contributed by atoms with Crippen LogP contribution in [0.4, 0.5) is 0 Å². The molecule has 160 valence electrons. The summed E-state index contributed by atoms with van der Waals surface area (Å²) in [5.41, 5.74) is 2.91. The van der Waals surface area contributed by atoms with Crippen molar-refractivity contribution in [2.24, 2.45) is 11.8 Å². The van der Waals surface area contributed by atoms with Crippen LogP contribution in [0.2, 0.25) is 0 Å². The summed E-state index contributed by atoms with van der Waals surface area (Å²) in [6.07, 6.45) is 11.6. The number of hydrogen-bond acceptors (Lipinski definition) is 5.